The van der Waals surface area contributed by atoms with E-state index in [4.69, 9.17) is 4.74 Å². The molecule has 0 spiro atoms. The largest absolute Gasteiger partial charge is 0.347 e. The molecule has 1 saturated heterocycles. The summed E-state index contributed by atoms with van der Waals surface area (Å²) in [5.74, 6) is 0.596. The van der Waals surface area contributed by atoms with Crippen LogP contribution in [0.1, 0.15) is 52.7 Å². The molecule has 2 aliphatic heterocycles. The lowest BCUT2D eigenvalue weighted by Gasteiger charge is -2.52. The van der Waals surface area contributed by atoms with Gasteiger partial charge >= 0.3 is 0 Å². The van der Waals surface area contributed by atoms with Gasteiger partial charge in [0.1, 0.15) is 0 Å². The fraction of sp³-hybridized carbons (Fsp3) is 0.409. The van der Waals surface area contributed by atoms with Crippen LogP contribution in [0.15, 0.2) is 48.5 Å². The smallest absolute Gasteiger partial charge is 0.257 e. The molecule has 0 unspecified atom stereocenters. The van der Waals surface area contributed by atoms with Crippen molar-refractivity contribution < 1.29 is 9.53 Å². The van der Waals surface area contributed by atoms with Gasteiger partial charge in [-0.25, -0.2) is 0 Å². The maximum Gasteiger partial charge on any atom is 0.257 e. The summed E-state index contributed by atoms with van der Waals surface area (Å²) >= 11 is 0. The number of hydrogen-bond acceptors (Lipinski definition) is 2. The van der Waals surface area contributed by atoms with Gasteiger partial charge < -0.3 is 4.74 Å². The van der Waals surface area contributed by atoms with E-state index in [1.54, 1.807) is 0 Å². The number of hydrogen-bond donors (Lipinski definition) is 0. The second-order valence-electron chi connectivity index (χ2n) is 7.65. The molecule has 2 heterocycles. The minimum Gasteiger partial charge on any atom is -0.347 e. The van der Waals surface area contributed by atoms with Crippen molar-refractivity contribution in [1.29, 1.82) is 0 Å². The maximum absolute atomic E-state index is 13.4. The van der Waals surface area contributed by atoms with Gasteiger partial charge in [0.15, 0.2) is 5.72 Å². The van der Waals surface area contributed by atoms with Gasteiger partial charge in [-0.2, -0.15) is 0 Å². The van der Waals surface area contributed by atoms with Gasteiger partial charge in [0.25, 0.3) is 5.91 Å². The molecule has 1 aliphatic carbocycles. The van der Waals surface area contributed by atoms with E-state index in [1.165, 1.54) is 18.4 Å². The minimum absolute atomic E-state index is 0.132. The van der Waals surface area contributed by atoms with E-state index in [2.05, 4.69) is 42.2 Å². The first-order chi connectivity index (χ1) is 12.2. The van der Waals surface area contributed by atoms with E-state index in [1.807, 2.05) is 18.2 Å². The Labute approximate surface area is 148 Å². The van der Waals surface area contributed by atoms with Crippen molar-refractivity contribution in [1.82, 2.24) is 4.90 Å². The Bertz CT molecular complexity index is 828. The van der Waals surface area contributed by atoms with Gasteiger partial charge in [0.2, 0.25) is 0 Å². The molecule has 0 radical (unpaired) electrons. The number of nitrogens with zero attached hydrogens (tertiary/aromatic N) is 1. The molecule has 1 saturated carbocycles. The van der Waals surface area contributed by atoms with Crippen molar-refractivity contribution in [3.63, 3.8) is 0 Å². The number of carbonyl (C=O) groups is 1. The molecule has 128 valence electrons. The van der Waals surface area contributed by atoms with E-state index in [0.717, 1.165) is 36.1 Å². The lowest BCUT2D eigenvalue weighted by atomic mass is 9.80. The molecule has 0 bridgehead atoms. The van der Waals surface area contributed by atoms with Crippen molar-refractivity contribution in [2.24, 2.45) is 5.92 Å². The highest BCUT2D eigenvalue weighted by molar-refractivity contribution is 6.00. The predicted molar refractivity (Wildman–Crippen MR) is 96.3 cm³/mol. The summed E-state index contributed by atoms with van der Waals surface area (Å²) in [5.41, 5.74) is 3.35. The number of fused-ring (bicyclic) bond motifs is 5. The summed E-state index contributed by atoms with van der Waals surface area (Å²) in [7, 11) is 0. The van der Waals surface area contributed by atoms with Crippen LogP contribution in [0.25, 0.3) is 0 Å². The Kier molecular flexibility index (Phi) is 3.29. The van der Waals surface area contributed by atoms with Crippen LogP contribution < -0.4 is 0 Å². The average molecular weight is 333 g/mol. The Morgan fingerprint density at radius 1 is 1.04 bits per heavy atom. The Hall–Kier alpha value is -2.13. The molecular formula is C22H23NO2. The SMILES string of the molecule is Cc1ccc([C@]23OC[C@H]4CCCC[C@H]4N2C(=O)c2ccccc23)cc1. The van der Waals surface area contributed by atoms with Crippen molar-refractivity contribution in [2.75, 3.05) is 6.61 Å². The van der Waals surface area contributed by atoms with Crippen molar-refractivity contribution >= 4 is 5.91 Å². The summed E-state index contributed by atoms with van der Waals surface area (Å²) in [6, 6.07) is 16.8. The summed E-state index contributed by atoms with van der Waals surface area (Å²) in [4.78, 5) is 15.5. The predicted octanol–water partition coefficient (Wildman–Crippen LogP) is 4.24. The molecule has 3 nitrogen and oxygen atoms in total. The molecule has 2 fully saturated rings. The van der Waals surface area contributed by atoms with E-state index < -0.39 is 5.72 Å². The van der Waals surface area contributed by atoms with Gasteiger partial charge in [-0.15, -0.1) is 0 Å². The van der Waals surface area contributed by atoms with E-state index >= 15 is 0 Å². The third-order valence-corrected chi connectivity index (χ3v) is 6.23. The van der Waals surface area contributed by atoms with Crippen LogP contribution in [0.4, 0.5) is 0 Å². The molecule has 2 aromatic rings. The first-order valence-corrected chi connectivity index (χ1v) is 9.36. The van der Waals surface area contributed by atoms with Crippen LogP contribution in [0, 0.1) is 12.8 Å². The average Bonchev–Trinajstić information content (AvgIpc) is 2.93. The highest BCUT2D eigenvalue weighted by Crippen LogP contribution is 2.52. The molecule has 1 amide bonds. The highest BCUT2D eigenvalue weighted by Gasteiger charge is 2.58. The third-order valence-electron chi connectivity index (χ3n) is 6.23. The quantitative estimate of drug-likeness (QED) is 0.781. The van der Waals surface area contributed by atoms with Crippen molar-refractivity contribution in [3.05, 3.63) is 70.8 Å². The Balaban J connectivity index is 1.74. The maximum atomic E-state index is 13.4. The van der Waals surface area contributed by atoms with Crippen LogP contribution in [0.2, 0.25) is 0 Å². The van der Waals surface area contributed by atoms with Crippen LogP contribution in [-0.4, -0.2) is 23.5 Å². The normalized spacial score (nSPS) is 30.6. The van der Waals surface area contributed by atoms with Crippen LogP contribution >= 0.6 is 0 Å². The summed E-state index contributed by atoms with van der Waals surface area (Å²) in [5, 5.41) is 0. The van der Waals surface area contributed by atoms with Crippen LogP contribution in [0.5, 0.6) is 0 Å². The molecule has 0 N–H and O–H groups in total. The number of ether oxygens (including phenoxy) is 1. The zero-order valence-electron chi connectivity index (χ0n) is 14.6. The van der Waals surface area contributed by atoms with E-state index in [-0.39, 0.29) is 11.9 Å². The standard InChI is InChI=1S/C22H23NO2/c1-15-10-12-17(13-11-15)22-19-8-4-3-7-18(19)21(24)23(22)20-9-5-2-6-16(20)14-25-22/h3-4,7-8,10-13,16,20H,2,5-6,9,14H2,1H3/t16-,20-,22-/m1/s1. The van der Waals surface area contributed by atoms with Gasteiger partial charge in [-0.3, -0.25) is 9.69 Å². The number of aryl methyl sites for hydroxylation is 1. The van der Waals surface area contributed by atoms with Gasteiger partial charge in [-0.1, -0.05) is 60.9 Å². The van der Waals surface area contributed by atoms with Gasteiger partial charge in [-0.05, 0) is 25.8 Å². The van der Waals surface area contributed by atoms with E-state index in [9.17, 15) is 4.79 Å². The number of amides is 1. The fourth-order valence-corrected chi connectivity index (χ4v) is 5.01. The third kappa shape index (κ3) is 1.99. The first kappa shape index (κ1) is 15.2. The molecule has 3 aliphatic rings. The van der Waals surface area contributed by atoms with E-state index in [0.29, 0.717) is 5.92 Å². The zero-order chi connectivity index (χ0) is 17.0. The molecular weight excluding hydrogens is 310 g/mol. The Morgan fingerprint density at radius 3 is 2.64 bits per heavy atom. The molecule has 3 heteroatoms. The summed E-state index contributed by atoms with van der Waals surface area (Å²) < 4.78 is 6.59. The van der Waals surface area contributed by atoms with Crippen LogP contribution in [-0.2, 0) is 10.5 Å². The van der Waals surface area contributed by atoms with Crippen molar-refractivity contribution in [2.45, 2.75) is 44.4 Å². The molecule has 5 rings (SSSR count). The van der Waals surface area contributed by atoms with Gasteiger partial charge in [0.05, 0.1) is 6.61 Å². The fourth-order valence-electron chi connectivity index (χ4n) is 5.01. The Morgan fingerprint density at radius 2 is 1.80 bits per heavy atom. The highest BCUT2D eigenvalue weighted by atomic mass is 16.5. The second kappa shape index (κ2) is 5.43. The first-order valence-electron chi connectivity index (χ1n) is 9.36. The molecule has 3 atom stereocenters. The monoisotopic (exact) mass is 333 g/mol. The van der Waals surface area contributed by atoms with Crippen molar-refractivity contribution in [3.8, 4) is 0 Å². The second-order valence-corrected chi connectivity index (χ2v) is 7.65. The lowest BCUT2D eigenvalue weighted by molar-refractivity contribution is -0.189. The zero-order valence-corrected chi connectivity index (χ0v) is 14.6. The summed E-state index contributed by atoms with van der Waals surface area (Å²) in [6.07, 6.45) is 4.69. The number of carbonyl (C=O) groups excluding carboxylic acids is 1. The molecule has 0 aromatic heterocycles. The minimum atomic E-state index is -0.750. The van der Waals surface area contributed by atoms with Gasteiger partial charge in [0, 0.05) is 28.7 Å². The molecule has 2 aromatic carbocycles. The topological polar surface area (TPSA) is 29.5 Å². The lowest BCUT2D eigenvalue weighted by Crippen LogP contribution is -2.60. The van der Waals surface area contributed by atoms with Crippen LogP contribution in [0.3, 0.4) is 0 Å². The summed E-state index contributed by atoms with van der Waals surface area (Å²) in [6.45, 7) is 2.82. The molecule has 25 heavy (non-hydrogen) atoms. The number of rotatable bonds is 1. The number of benzene rings is 2.